The molecule has 1 aliphatic heterocycles. The van der Waals surface area contributed by atoms with E-state index in [4.69, 9.17) is 10.5 Å². The number of aliphatic hydroxyl groups is 1. The van der Waals surface area contributed by atoms with Crippen LogP contribution in [0.2, 0.25) is 0 Å². The SMILES string of the molecule is CC(C)COc1nc(N2CCCC2CO)ccc1N. The number of ether oxygens (including phenoxy) is 1. The van der Waals surface area contributed by atoms with Gasteiger partial charge >= 0.3 is 0 Å². The van der Waals surface area contributed by atoms with Crippen LogP contribution in [-0.2, 0) is 0 Å². The lowest BCUT2D eigenvalue weighted by atomic mass is 10.2. The second kappa shape index (κ2) is 6.10. The van der Waals surface area contributed by atoms with Crippen LogP contribution in [0, 0.1) is 5.92 Å². The standard InChI is InChI=1S/C14H23N3O2/c1-10(2)9-19-14-12(15)5-6-13(16-14)17-7-3-4-11(17)8-18/h5-6,10-11,18H,3-4,7-9,15H2,1-2H3. The maximum atomic E-state index is 9.37. The van der Waals surface area contributed by atoms with Crippen LogP contribution in [0.25, 0.3) is 0 Å². The third-order valence-electron chi connectivity index (χ3n) is 3.31. The molecule has 1 unspecified atom stereocenters. The van der Waals surface area contributed by atoms with Crippen LogP contribution in [0.1, 0.15) is 26.7 Å². The first-order valence-electron chi connectivity index (χ1n) is 6.88. The number of nitrogen functional groups attached to an aromatic ring is 1. The van der Waals surface area contributed by atoms with Gasteiger partial charge in [0.15, 0.2) is 0 Å². The molecule has 1 aromatic rings. The number of rotatable bonds is 5. The highest BCUT2D eigenvalue weighted by molar-refractivity contribution is 5.55. The van der Waals surface area contributed by atoms with Crippen molar-refractivity contribution < 1.29 is 9.84 Å². The first-order valence-corrected chi connectivity index (χ1v) is 6.88. The summed E-state index contributed by atoms with van der Waals surface area (Å²) in [5, 5.41) is 9.37. The van der Waals surface area contributed by atoms with Gasteiger partial charge in [-0.25, -0.2) is 0 Å². The van der Waals surface area contributed by atoms with Gasteiger partial charge in [0.25, 0.3) is 0 Å². The summed E-state index contributed by atoms with van der Waals surface area (Å²) >= 11 is 0. The van der Waals surface area contributed by atoms with Gasteiger partial charge in [-0.2, -0.15) is 4.98 Å². The van der Waals surface area contributed by atoms with Crippen LogP contribution in [0.15, 0.2) is 12.1 Å². The highest BCUT2D eigenvalue weighted by Crippen LogP contribution is 2.28. The molecule has 19 heavy (non-hydrogen) atoms. The monoisotopic (exact) mass is 265 g/mol. The van der Waals surface area contributed by atoms with E-state index in [9.17, 15) is 5.11 Å². The number of hydrogen-bond donors (Lipinski definition) is 2. The van der Waals surface area contributed by atoms with E-state index in [2.05, 4.69) is 23.7 Å². The summed E-state index contributed by atoms with van der Waals surface area (Å²) in [7, 11) is 0. The highest BCUT2D eigenvalue weighted by atomic mass is 16.5. The van der Waals surface area contributed by atoms with Crippen molar-refractivity contribution in [2.45, 2.75) is 32.7 Å². The smallest absolute Gasteiger partial charge is 0.239 e. The second-order valence-corrected chi connectivity index (χ2v) is 5.44. The highest BCUT2D eigenvalue weighted by Gasteiger charge is 2.25. The molecule has 1 atom stereocenters. The van der Waals surface area contributed by atoms with Gasteiger partial charge in [-0.3, -0.25) is 0 Å². The van der Waals surface area contributed by atoms with Crippen LogP contribution in [-0.4, -0.2) is 35.9 Å². The lowest BCUT2D eigenvalue weighted by Crippen LogP contribution is -2.32. The van der Waals surface area contributed by atoms with Crippen molar-refractivity contribution in [3.05, 3.63) is 12.1 Å². The Morgan fingerprint density at radius 3 is 3.00 bits per heavy atom. The fourth-order valence-electron chi connectivity index (χ4n) is 2.29. The Morgan fingerprint density at radius 2 is 2.32 bits per heavy atom. The molecule has 1 aliphatic rings. The molecular formula is C14H23N3O2. The van der Waals surface area contributed by atoms with Gasteiger partial charge in [0.05, 0.1) is 24.9 Å². The maximum absolute atomic E-state index is 9.37. The molecule has 0 radical (unpaired) electrons. The molecule has 2 heterocycles. The van der Waals surface area contributed by atoms with Gasteiger partial charge in [0.1, 0.15) is 5.82 Å². The number of anilines is 2. The average Bonchev–Trinajstić information content (AvgIpc) is 2.86. The minimum Gasteiger partial charge on any atom is -0.476 e. The topological polar surface area (TPSA) is 71.6 Å². The third-order valence-corrected chi connectivity index (χ3v) is 3.31. The lowest BCUT2D eigenvalue weighted by molar-refractivity contribution is 0.260. The number of hydrogen-bond acceptors (Lipinski definition) is 5. The first kappa shape index (κ1) is 13.9. The zero-order valence-electron chi connectivity index (χ0n) is 11.7. The van der Waals surface area contributed by atoms with Crippen molar-refractivity contribution in [3.8, 4) is 5.88 Å². The number of pyridine rings is 1. The molecule has 0 bridgehead atoms. The maximum Gasteiger partial charge on any atom is 0.239 e. The quantitative estimate of drug-likeness (QED) is 0.847. The van der Waals surface area contributed by atoms with Crippen LogP contribution in [0.4, 0.5) is 11.5 Å². The molecule has 0 amide bonds. The fraction of sp³-hybridized carbons (Fsp3) is 0.643. The Hall–Kier alpha value is -1.49. The van der Waals surface area contributed by atoms with E-state index in [-0.39, 0.29) is 12.6 Å². The average molecular weight is 265 g/mol. The number of aromatic nitrogens is 1. The van der Waals surface area contributed by atoms with Crippen molar-refractivity contribution in [3.63, 3.8) is 0 Å². The minimum atomic E-state index is 0.161. The molecule has 106 valence electrons. The summed E-state index contributed by atoms with van der Waals surface area (Å²) in [4.78, 5) is 6.62. The van der Waals surface area contributed by atoms with Gasteiger partial charge in [-0.1, -0.05) is 13.8 Å². The van der Waals surface area contributed by atoms with Gasteiger partial charge < -0.3 is 20.5 Å². The van der Waals surface area contributed by atoms with E-state index in [0.717, 1.165) is 25.2 Å². The van der Waals surface area contributed by atoms with Crippen molar-refractivity contribution in [1.82, 2.24) is 4.98 Å². The molecular weight excluding hydrogens is 242 g/mol. The number of nitrogens with zero attached hydrogens (tertiary/aromatic N) is 2. The lowest BCUT2D eigenvalue weighted by Gasteiger charge is -2.24. The molecule has 0 spiro atoms. The molecule has 1 fully saturated rings. The zero-order chi connectivity index (χ0) is 13.8. The predicted molar refractivity (Wildman–Crippen MR) is 76.4 cm³/mol. The molecule has 5 heteroatoms. The van der Waals surface area contributed by atoms with E-state index in [1.54, 1.807) is 0 Å². The second-order valence-electron chi connectivity index (χ2n) is 5.44. The molecule has 0 aliphatic carbocycles. The van der Waals surface area contributed by atoms with Gasteiger partial charge in [-0.05, 0) is 30.9 Å². The molecule has 3 N–H and O–H groups in total. The van der Waals surface area contributed by atoms with Gasteiger partial charge in [0.2, 0.25) is 5.88 Å². The molecule has 5 nitrogen and oxygen atoms in total. The number of aliphatic hydroxyl groups excluding tert-OH is 1. The molecule has 0 aromatic carbocycles. The Bertz CT molecular complexity index is 423. The summed E-state index contributed by atoms with van der Waals surface area (Å²) in [6.45, 7) is 5.86. The van der Waals surface area contributed by atoms with Crippen LogP contribution < -0.4 is 15.4 Å². The zero-order valence-corrected chi connectivity index (χ0v) is 11.7. The Morgan fingerprint density at radius 1 is 1.53 bits per heavy atom. The summed E-state index contributed by atoms with van der Waals surface area (Å²) in [6, 6.07) is 3.88. The third kappa shape index (κ3) is 3.29. The van der Waals surface area contributed by atoms with Crippen LogP contribution in [0.5, 0.6) is 5.88 Å². The van der Waals surface area contributed by atoms with Crippen molar-refractivity contribution >= 4 is 11.5 Å². The fourth-order valence-corrected chi connectivity index (χ4v) is 2.29. The Kier molecular flexibility index (Phi) is 4.47. The largest absolute Gasteiger partial charge is 0.476 e. The van der Waals surface area contributed by atoms with E-state index >= 15 is 0 Å². The summed E-state index contributed by atoms with van der Waals surface area (Å²) < 4.78 is 5.64. The van der Waals surface area contributed by atoms with Gasteiger partial charge in [-0.15, -0.1) is 0 Å². The first-order chi connectivity index (χ1) is 9.11. The van der Waals surface area contributed by atoms with Crippen LogP contribution in [0.3, 0.4) is 0 Å². The Labute approximate surface area is 114 Å². The summed E-state index contributed by atoms with van der Waals surface area (Å²) in [5.74, 6) is 1.76. The Balaban J connectivity index is 2.15. The van der Waals surface area contributed by atoms with E-state index in [0.29, 0.717) is 24.1 Å². The minimum absolute atomic E-state index is 0.161. The predicted octanol–water partition coefficient (Wildman–Crippen LogP) is 1.66. The van der Waals surface area contributed by atoms with Crippen molar-refractivity contribution in [1.29, 1.82) is 0 Å². The van der Waals surface area contributed by atoms with E-state index < -0.39 is 0 Å². The normalized spacial score (nSPS) is 19.2. The van der Waals surface area contributed by atoms with Crippen LogP contribution >= 0.6 is 0 Å². The molecule has 0 saturated carbocycles. The van der Waals surface area contributed by atoms with Crippen molar-refractivity contribution in [2.75, 3.05) is 30.4 Å². The van der Waals surface area contributed by atoms with E-state index in [1.165, 1.54) is 0 Å². The van der Waals surface area contributed by atoms with E-state index in [1.807, 2.05) is 12.1 Å². The summed E-state index contributed by atoms with van der Waals surface area (Å²) in [6.07, 6.45) is 2.09. The van der Waals surface area contributed by atoms with Gasteiger partial charge in [0, 0.05) is 6.54 Å². The molecule has 1 saturated heterocycles. The molecule has 1 aromatic heterocycles. The molecule has 2 rings (SSSR count). The summed E-state index contributed by atoms with van der Waals surface area (Å²) in [5.41, 5.74) is 6.45. The number of nitrogens with two attached hydrogens (primary N) is 1. The van der Waals surface area contributed by atoms with Crippen molar-refractivity contribution in [2.24, 2.45) is 5.92 Å².